The molecule has 1 amide bonds. The number of anilines is 1. The molecule has 3 N–H and O–H groups in total. The minimum absolute atomic E-state index is 0.0655. The number of hydrogen-bond donors (Lipinski definition) is 3. The summed E-state index contributed by atoms with van der Waals surface area (Å²) in [4.78, 5) is 45.7. The topological polar surface area (TPSA) is 144 Å². The van der Waals surface area contributed by atoms with Crippen molar-refractivity contribution in [2.24, 2.45) is 21.2 Å². The monoisotopic (exact) mass is 745 g/mol. The van der Waals surface area contributed by atoms with Gasteiger partial charge < -0.3 is 5.11 Å². The molecule has 0 saturated heterocycles. The van der Waals surface area contributed by atoms with E-state index in [2.05, 4.69) is 66.7 Å². The highest BCUT2D eigenvalue weighted by Gasteiger charge is 2.58. The van der Waals surface area contributed by atoms with Gasteiger partial charge in [-0.2, -0.15) is 5.10 Å². The number of pyridine rings is 1. The van der Waals surface area contributed by atoms with E-state index in [1.165, 1.54) is 11.3 Å². The Labute approximate surface area is 319 Å². The zero-order chi connectivity index (χ0) is 38.6. The highest BCUT2D eigenvalue weighted by Crippen LogP contribution is 2.63. The summed E-state index contributed by atoms with van der Waals surface area (Å²) in [6.45, 7) is 19.4. The van der Waals surface area contributed by atoms with Gasteiger partial charge in [0.25, 0.3) is 5.91 Å². The predicted molar refractivity (Wildman–Crippen MR) is 215 cm³/mol. The number of aromatic nitrogens is 4. The largest absolute Gasteiger partial charge is 0.476 e. The van der Waals surface area contributed by atoms with Crippen LogP contribution in [0.25, 0.3) is 39.2 Å². The molecule has 3 aromatic heterocycles. The molecule has 5 aromatic rings. The minimum atomic E-state index is -1.13. The minimum Gasteiger partial charge on any atom is -0.476 e. The number of carbonyl (C=O) groups is 2. The van der Waals surface area contributed by atoms with Gasteiger partial charge in [-0.3, -0.25) is 24.6 Å². The number of carbonyl (C=O) groups excluding carboxylic acids is 1. The van der Waals surface area contributed by atoms with Crippen molar-refractivity contribution in [3.05, 3.63) is 84.0 Å². The number of fused-ring (bicyclic) bond motifs is 3. The van der Waals surface area contributed by atoms with Crippen LogP contribution in [0.1, 0.15) is 92.0 Å². The van der Waals surface area contributed by atoms with Gasteiger partial charge in [0.15, 0.2) is 10.8 Å². The summed E-state index contributed by atoms with van der Waals surface area (Å²) in [5.41, 5.74) is 7.17. The van der Waals surface area contributed by atoms with E-state index in [1.807, 2.05) is 55.1 Å². The van der Waals surface area contributed by atoms with E-state index in [9.17, 15) is 14.7 Å². The molecule has 7 rings (SSSR count). The predicted octanol–water partition coefficient (Wildman–Crippen LogP) is 9.36. The summed E-state index contributed by atoms with van der Waals surface area (Å²) in [5.74, 6) is -1.47. The van der Waals surface area contributed by atoms with Crippen molar-refractivity contribution >= 4 is 56.9 Å². The molecular weight excluding hydrogens is 699 g/mol. The van der Waals surface area contributed by atoms with Crippen molar-refractivity contribution < 1.29 is 19.5 Å². The Bertz CT molecular complexity index is 2300. The van der Waals surface area contributed by atoms with Crippen molar-refractivity contribution in [3.63, 3.8) is 0 Å². The molecule has 2 fully saturated rings. The third kappa shape index (κ3) is 7.01. The molecule has 0 spiro atoms. The molecular formula is C42H47N7O4S. The molecule has 12 heteroatoms. The highest BCUT2D eigenvalue weighted by atomic mass is 32.1. The van der Waals surface area contributed by atoms with Gasteiger partial charge in [0.2, 0.25) is 0 Å². The molecule has 3 atom stereocenters. The van der Waals surface area contributed by atoms with Gasteiger partial charge in [-0.1, -0.05) is 69.9 Å². The number of aromatic carboxylic acids is 1. The van der Waals surface area contributed by atoms with Gasteiger partial charge in [0.05, 0.1) is 17.5 Å². The molecule has 3 heterocycles. The zero-order valence-electron chi connectivity index (χ0n) is 31.7. The first-order chi connectivity index (χ1) is 25.6. The number of carboxylic acids is 1. The first kappa shape index (κ1) is 37.3. The Hall–Kier alpha value is -5.04. The number of rotatable bonds is 11. The highest BCUT2D eigenvalue weighted by molar-refractivity contribution is 7.19. The van der Waals surface area contributed by atoms with E-state index in [-0.39, 0.29) is 33.4 Å². The van der Waals surface area contributed by atoms with Gasteiger partial charge in [0, 0.05) is 41.5 Å². The van der Waals surface area contributed by atoms with Crippen molar-refractivity contribution in [2.75, 3.05) is 12.4 Å². The second-order valence-electron chi connectivity index (χ2n) is 16.6. The third-order valence-electron chi connectivity index (χ3n) is 11.0. The maximum absolute atomic E-state index is 13.5. The fourth-order valence-corrected chi connectivity index (χ4v) is 11.0. The van der Waals surface area contributed by atoms with Gasteiger partial charge in [-0.25, -0.2) is 20.2 Å². The van der Waals surface area contributed by atoms with Crippen LogP contribution in [0.4, 0.5) is 10.1 Å². The van der Waals surface area contributed by atoms with Crippen LogP contribution in [0.5, 0.6) is 0 Å². The first-order valence-corrected chi connectivity index (χ1v) is 19.0. The number of benzene rings is 2. The molecule has 2 aliphatic carbocycles. The third-order valence-corrected chi connectivity index (χ3v) is 11.9. The first-order valence-electron chi connectivity index (χ1n) is 18.1. The summed E-state index contributed by atoms with van der Waals surface area (Å²) in [7, 11) is 1.85. The molecule has 54 heavy (non-hydrogen) atoms. The Morgan fingerprint density at radius 2 is 1.83 bits per heavy atom. The van der Waals surface area contributed by atoms with E-state index in [4.69, 9.17) is 9.94 Å². The Morgan fingerprint density at radius 1 is 1.04 bits per heavy atom. The lowest BCUT2D eigenvalue weighted by Crippen LogP contribution is -2.58. The lowest BCUT2D eigenvalue weighted by atomic mass is 9.48. The Morgan fingerprint density at radius 3 is 2.54 bits per heavy atom. The molecule has 2 aliphatic rings. The van der Waals surface area contributed by atoms with Crippen molar-refractivity contribution in [1.82, 2.24) is 25.2 Å². The Balaban J connectivity index is 1.18. The molecule has 3 unspecified atom stereocenters. The standard InChI is InChI=1S/C42H47N7O4S/c1-9-32-36(43-7)54-38(47-32)48-35(50)29-12-10-11-26-13-14-27(17-30(26)29)33-16-15-28(34(46-33)37(51)52)31-18-45-49(25(31)2)24-41(6)21-40(5)19-39(3,4)20-42(22-40,23-41)53-44-8/h9-18,44H,1,7,19-24H2,2-6,8H3,(H,51,52)(H,47,48,50). The lowest BCUT2D eigenvalue weighted by molar-refractivity contribution is -0.217. The summed E-state index contributed by atoms with van der Waals surface area (Å²) in [5, 5.41) is 20.6. The fraction of sp³-hybridized carbons (Fsp3) is 0.381. The molecule has 0 aliphatic heterocycles. The second-order valence-corrected chi connectivity index (χ2v) is 17.6. The van der Waals surface area contributed by atoms with Crippen LogP contribution in [0.15, 0.2) is 66.3 Å². The maximum Gasteiger partial charge on any atom is 0.355 e. The number of nitrogens with one attached hydrogen (secondary N) is 2. The number of nitrogens with zero attached hydrogens (tertiary/aromatic N) is 5. The molecule has 0 radical (unpaired) electrons. The molecule has 11 nitrogen and oxygen atoms in total. The molecule has 280 valence electrons. The van der Waals surface area contributed by atoms with Crippen molar-refractivity contribution in [1.29, 1.82) is 0 Å². The van der Waals surface area contributed by atoms with Gasteiger partial charge in [-0.05, 0) is 103 Å². The van der Waals surface area contributed by atoms with Gasteiger partial charge >= 0.3 is 5.97 Å². The number of amides is 1. The number of thiazole rings is 1. The smallest absolute Gasteiger partial charge is 0.355 e. The van der Waals surface area contributed by atoms with Gasteiger partial charge in [0.1, 0.15) is 10.7 Å². The molecule has 2 saturated carbocycles. The molecule has 2 aromatic carbocycles. The van der Waals surface area contributed by atoms with E-state index in [0.717, 1.165) is 48.7 Å². The van der Waals surface area contributed by atoms with Crippen LogP contribution < -0.4 is 10.8 Å². The van der Waals surface area contributed by atoms with Crippen molar-refractivity contribution in [2.45, 2.75) is 78.9 Å². The van der Waals surface area contributed by atoms with Gasteiger partial charge in [-0.15, -0.1) is 0 Å². The van der Waals surface area contributed by atoms with Crippen LogP contribution in [0, 0.1) is 23.2 Å². The van der Waals surface area contributed by atoms with Crippen LogP contribution in [0.2, 0.25) is 0 Å². The number of hydrogen-bond acceptors (Lipinski definition) is 9. The lowest BCUT2D eigenvalue weighted by Gasteiger charge is -2.60. The van der Waals surface area contributed by atoms with E-state index in [0.29, 0.717) is 50.1 Å². The quantitative estimate of drug-likeness (QED) is 0.0897. The van der Waals surface area contributed by atoms with Crippen molar-refractivity contribution in [3.8, 4) is 22.4 Å². The number of hydroxylamine groups is 1. The van der Waals surface area contributed by atoms with E-state index < -0.39 is 5.97 Å². The maximum atomic E-state index is 13.5. The Kier molecular flexibility index (Phi) is 9.44. The van der Waals surface area contributed by atoms with Crippen LogP contribution in [-0.4, -0.2) is 56.1 Å². The van der Waals surface area contributed by atoms with Crippen LogP contribution in [0.3, 0.4) is 0 Å². The zero-order valence-corrected chi connectivity index (χ0v) is 32.6. The average Bonchev–Trinajstić information content (AvgIpc) is 3.67. The summed E-state index contributed by atoms with van der Waals surface area (Å²) >= 11 is 1.21. The fourth-order valence-electron chi connectivity index (χ4n) is 10.2. The van der Waals surface area contributed by atoms with Crippen LogP contribution >= 0.6 is 11.3 Å². The summed E-state index contributed by atoms with van der Waals surface area (Å²) in [6, 6.07) is 14.8. The molecule has 2 bridgehead atoms. The average molecular weight is 746 g/mol. The SMILES string of the molecule is C=Cc1nc(NC(=O)c2cccc3ccc(-c4ccc(-c5cnn(CC6(C)CC7(C)CC(C)(C)CC(ONC)(C6)C7)c5C)c(C(=O)O)n4)cc23)sc1N=C. The number of aliphatic imine (C=N–C) groups is 1. The second kappa shape index (κ2) is 13.7. The van der Waals surface area contributed by atoms with E-state index >= 15 is 0 Å². The summed E-state index contributed by atoms with van der Waals surface area (Å²) in [6.07, 6.45) is 8.41. The number of carboxylic acid groups (broad SMARTS) is 1. The summed E-state index contributed by atoms with van der Waals surface area (Å²) < 4.78 is 2.02. The van der Waals surface area contributed by atoms with Crippen LogP contribution in [-0.2, 0) is 11.4 Å². The normalized spacial score (nSPS) is 23.2. The van der Waals surface area contributed by atoms with E-state index in [1.54, 1.807) is 24.4 Å².